The fourth-order valence-electron chi connectivity index (χ4n) is 0.831. The number of terminal acetylenes is 1. The average Bonchev–Trinajstić information content (AvgIpc) is 2.05. The van der Waals surface area contributed by atoms with Gasteiger partial charge in [-0.05, 0) is 6.42 Å². The summed E-state index contributed by atoms with van der Waals surface area (Å²) in [6.07, 6.45) is 7.22. The van der Waals surface area contributed by atoms with Crippen LogP contribution < -0.4 is 11.1 Å². The minimum absolute atomic E-state index is 0.105. The standard InChI is InChI=1S/C9H16N2O/c1-3-5-7-11-9(12)8(10)6-4-2/h1,8H,4-7,10H2,2H3,(H,11,12)/t8-/m1/s1. The predicted octanol–water partition coefficient (Wildman–Crippen LogP) is 0.253. The molecule has 12 heavy (non-hydrogen) atoms. The fraction of sp³-hybridized carbons (Fsp3) is 0.667. The summed E-state index contributed by atoms with van der Waals surface area (Å²) in [4.78, 5) is 11.1. The maximum absolute atomic E-state index is 11.1. The van der Waals surface area contributed by atoms with Gasteiger partial charge in [-0.1, -0.05) is 13.3 Å². The SMILES string of the molecule is C#CCCNC(=O)[C@H](N)CCC. The highest BCUT2D eigenvalue weighted by molar-refractivity contribution is 5.81. The highest BCUT2D eigenvalue weighted by Crippen LogP contribution is 1.92. The normalized spacial score (nSPS) is 11.8. The lowest BCUT2D eigenvalue weighted by Gasteiger charge is -2.09. The Bertz CT molecular complexity index is 172. The Labute approximate surface area is 73.7 Å². The molecule has 3 heteroatoms. The van der Waals surface area contributed by atoms with Crippen molar-refractivity contribution in [2.45, 2.75) is 32.2 Å². The van der Waals surface area contributed by atoms with E-state index in [1.54, 1.807) is 0 Å². The van der Waals surface area contributed by atoms with Gasteiger partial charge in [0.2, 0.25) is 5.91 Å². The van der Waals surface area contributed by atoms with Crippen molar-refractivity contribution in [1.82, 2.24) is 5.32 Å². The molecule has 0 bridgehead atoms. The second kappa shape index (κ2) is 6.68. The third kappa shape index (κ3) is 4.75. The molecule has 0 aromatic heterocycles. The van der Waals surface area contributed by atoms with Crippen molar-refractivity contribution in [2.24, 2.45) is 5.73 Å². The van der Waals surface area contributed by atoms with Crippen LogP contribution in [0.3, 0.4) is 0 Å². The molecule has 0 aromatic rings. The number of amides is 1. The number of nitrogens with two attached hydrogens (primary N) is 1. The van der Waals surface area contributed by atoms with Gasteiger partial charge in [-0.15, -0.1) is 12.3 Å². The molecule has 0 rings (SSSR count). The zero-order chi connectivity index (χ0) is 9.40. The molecule has 0 spiro atoms. The van der Waals surface area contributed by atoms with Crippen LogP contribution in [0.5, 0.6) is 0 Å². The molecule has 0 fully saturated rings. The lowest BCUT2D eigenvalue weighted by Crippen LogP contribution is -2.40. The molecule has 0 aliphatic rings. The Kier molecular flexibility index (Phi) is 6.12. The smallest absolute Gasteiger partial charge is 0.236 e. The average molecular weight is 168 g/mol. The lowest BCUT2D eigenvalue weighted by molar-refractivity contribution is -0.122. The molecule has 3 N–H and O–H groups in total. The second-order valence-corrected chi connectivity index (χ2v) is 2.64. The van der Waals surface area contributed by atoms with Gasteiger partial charge in [-0.3, -0.25) is 4.79 Å². The fourth-order valence-corrected chi connectivity index (χ4v) is 0.831. The second-order valence-electron chi connectivity index (χ2n) is 2.64. The molecule has 1 amide bonds. The van der Waals surface area contributed by atoms with Crippen LogP contribution in [0, 0.1) is 12.3 Å². The molecule has 68 valence electrons. The van der Waals surface area contributed by atoms with Gasteiger partial charge >= 0.3 is 0 Å². The highest BCUT2D eigenvalue weighted by atomic mass is 16.2. The number of hydrogen-bond acceptors (Lipinski definition) is 2. The van der Waals surface area contributed by atoms with Crippen LogP contribution in [0.25, 0.3) is 0 Å². The van der Waals surface area contributed by atoms with Crippen LogP contribution >= 0.6 is 0 Å². The van der Waals surface area contributed by atoms with Gasteiger partial charge in [0.25, 0.3) is 0 Å². The monoisotopic (exact) mass is 168 g/mol. The lowest BCUT2D eigenvalue weighted by atomic mass is 10.2. The van der Waals surface area contributed by atoms with Crippen LogP contribution in [-0.2, 0) is 4.79 Å². The maximum atomic E-state index is 11.1. The first-order chi connectivity index (χ1) is 5.72. The van der Waals surface area contributed by atoms with Crippen LogP contribution in [0.4, 0.5) is 0 Å². The van der Waals surface area contributed by atoms with Crippen molar-refractivity contribution < 1.29 is 4.79 Å². The zero-order valence-electron chi connectivity index (χ0n) is 7.47. The molecule has 0 aliphatic carbocycles. The molecule has 0 unspecified atom stereocenters. The first-order valence-electron chi connectivity index (χ1n) is 4.19. The topological polar surface area (TPSA) is 55.1 Å². The molecule has 1 atom stereocenters. The molecular weight excluding hydrogens is 152 g/mol. The summed E-state index contributed by atoms with van der Waals surface area (Å²) in [7, 11) is 0. The van der Waals surface area contributed by atoms with Crippen molar-refractivity contribution in [2.75, 3.05) is 6.54 Å². The summed E-state index contributed by atoms with van der Waals surface area (Å²) in [5.41, 5.74) is 5.55. The predicted molar refractivity (Wildman–Crippen MR) is 49.3 cm³/mol. The Morgan fingerprint density at radius 3 is 2.92 bits per heavy atom. The third-order valence-electron chi connectivity index (χ3n) is 1.51. The first kappa shape index (κ1) is 11.0. The minimum Gasteiger partial charge on any atom is -0.354 e. The maximum Gasteiger partial charge on any atom is 0.236 e. The molecule has 0 heterocycles. The summed E-state index contributed by atoms with van der Waals surface area (Å²) in [6, 6.07) is -0.382. The molecule has 0 saturated heterocycles. The molecular formula is C9H16N2O. The van der Waals surface area contributed by atoms with Crippen molar-refractivity contribution in [3.63, 3.8) is 0 Å². The van der Waals surface area contributed by atoms with E-state index in [9.17, 15) is 4.79 Å². The third-order valence-corrected chi connectivity index (χ3v) is 1.51. The molecule has 0 aliphatic heterocycles. The van der Waals surface area contributed by atoms with E-state index in [2.05, 4.69) is 11.2 Å². The minimum atomic E-state index is -0.382. The quantitative estimate of drug-likeness (QED) is 0.457. The molecule has 0 saturated carbocycles. The summed E-state index contributed by atoms with van der Waals surface area (Å²) in [5, 5.41) is 2.66. The van der Waals surface area contributed by atoms with E-state index < -0.39 is 0 Å². The van der Waals surface area contributed by atoms with E-state index in [-0.39, 0.29) is 11.9 Å². The van der Waals surface area contributed by atoms with Gasteiger partial charge in [-0.2, -0.15) is 0 Å². The van der Waals surface area contributed by atoms with Crippen LogP contribution in [0.15, 0.2) is 0 Å². The van der Waals surface area contributed by atoms with Crippen LogP contribution in [0.2, 0.25) is 0 Å². The Hall–Kier alpha value is -1.01. The van der Waals surface area contributed by atoms with E-state index in [1.807, 2.05) is 6.92 Å². The summed E-state index contributed by atoms with van der Waals surface area (Å²) >= 11 is 0. The number of hydrogen-bond donors (Lipinski definition) is 2. The molecule has 0 radical (unpaired) electrons. The van der Waals surface area contributed by atoms with Gasteiger partial charge in [0.15, 0.2) is 0 Å². The van der Waals surface area contributed by atoms with Crippen molar-refractivity contribution in [3.05, 3.63) is 0 Å². The highest BCUT2D eigenvalue weighted by Gasteiger charge is 2.10. The van der Waals surface area contributed by atoms with E-state index in [0.29, 0.717) is 13.0 Å². The van der Waals surface area contributed by atoms with E-state index >= 15 is 0 Å². The van der Waals surface area contributed by atoms with Gasteiger partial charge in [0, 0.05) is 13.0 Å². The van der Waals surface area contributed by atoms with E-state index in [4.69, 9.17) is 12.2 Å². The van der Waals surface area contributed by atoms with Crippen LogP contribution in [0.1, 0.15) is 26.2 Å². The number of carbonyl (C=O) groups excluding carboxylic acids is 1. The van der Waals surface area contributed by atoms with Gasteiger partial charge in [-0.25, -0.2) is 0 Å². The van der Waals surface area contributed by atoms with Gasteiger partial charge in [0.05, 0.1) is 6.04 Å². The molecule has 3 nitrogen and oxygen atoms in total. The van der Waals surface area contributed by atoms with Crippen molar-refractivity contribution in [3.8, 4) is 12.3 Å². The first-order valence-corrected chi connectivity index (χ1v) is 4.19. The largest absolute Gasteiger partial charge is 0.354 e. The van der Waals surface area contributed by atoms with Gasteiger partial charge < -0.3 is 11.1 Å². The summed E-state index contributed by atoms with van der Waals surface area (Å²) in [5.74, 6) is 2.33. The summed E-state index contributed by atoms with van der Waals surface area (Å²) in [6.45, 7) is 2.52. The Balaban J connectivity index is 3.51. The Morgan fingerprint density at radius 2 is 2.42 bits per heavy atom. The van der Waals surface area contributed by atoms with Crippen LogP contribution in [-0.4, -0.2) is 18.5 Å². The zero-order valence-corrected chi connectivity index (χ0v) is 7.47. The Morgan fingerprint density at radius 1 is 1.75 bits per heavy atom. The number of rotatable bonds is 5. The summed E-state index contributed by atoms with van der Waals surface area (Å²) < 4.78 is 0. The molecule has 0 aromatic carbocycles. The van der Waals surface area contributed by atoms with Crippen molar-refractivity contribution >= 4 is 5.91 Å². The van der Waals surface area contributed by atoms with E-state index in [1.165, 1.54) is 0 Å². The van der Waals surface area contributed by atoms with E-state index in [0.717, 1.165) is 12.8 Å². The number of carbonyl (C=O) groups is 1. The van der Waals surface area contributed by atoms with Gasteiger partial charge in [0.1, 0.15) is 0 Å². The number of nitrogens with one attached hydrogen (secondary N) is 1. The van der Waals surface area contributed by atoms with Crippen molar-refractivity contribution in [1.29, 1.82) is 0 Å².